The molecule has 1 aliphatic heterocycles. The second-order valence-corrected chi connectivity index (χ2v) is 14.8. The molecule has 2 atom stereocenters. The first-order valence-electron chi connectivity index (χ1n) is 20.5. The fourth-order valence-corrected chi connectivity index (χ4v) is 8.38. The molecular formula is C48H84ClN2P. The van der Waals surface area contributed by atoms with Crippen LogP contribution in [0, 0.1) is 41.5 Å². The van der Waals surface area contributed by atoms with Crippen molar-refractivity contribution in [2.24, 2.45) is 0 Å². The minimum atomic E-state index is -0.126. The number of hydrogen-bond donors (Lipinski definition) is 0. The molecule has 0 bridgehead atoms. The number of fused-ring (bicyclic) bond motifs is 1. The zero-order valence-electron chi connectivity index (χ0n) is 38.3. The zero-order chi connectivity index (χ0) is 41.3. The van der Waals surface area contributed by atoms with E-state index in [9.17, 15) is 0 Å². The van der Waals surface area contributed by atoms with Crippen molar-refractivity contribution in [2.45, 2.75) is 174 Å². The first-order valence-corrected chi connectivity index (χ1v) is 22.0. The Hall–Kier alpha value is -2.02. The van der Waals surface area contributed by atoms with Crippen LogP contribution in [-0.4, -0.2) is 38.7 Å². The van der Waals surface area contributed by atoms with E-state index >= 15 is 0 Å². The lowest BCUT2D eigenvalue weighted by Gasteiger charge is -2.35. The quantitative estimate of drug-likeness (QED) is 0.260. The Morgan fingerprint density at radius 2 is 1.37 bits per heavy atom. The van der Waals surface area contributed by atoms with Crippen molar-refractivity contribution in [1.82, 2.24) is 4.90 Å². The summed E-state index contributed by atoms with van der Waals surface area (Å²) in [4.78, 5) is 4.82. The first-order chi connectivity index (χ1) is 24.5. The highest BCUT2D eigenvalue weighted by Crippen LogP contribution is 2.49. The van der Waals surface area contributed by atoms with Crippen molar-refractivity contribution >= 4 is 26.5 Å². The van der Waals surface area contributed by atoms with Gasteiger partial charge in [-0.25, -0.2) is 0 Å². The fourth-order valence-electron chi connectivity index (χ4n) is 8.03. The molecule has 0 radical (unpaired) electrons. The van der Waals surface area contributed by atoms with Gasteiger partial charge in [0.05, 0.1) is 0 Å². The second kappa shape index (κ2) is 24.4. The third-order valence-corrected chi connectivity index (χ3v) is 11.5. The summed E-state index contributed by atoms with van der Waals surface area (Å²) < 4.78 is 0. The van der Waals surface area contributed by atoms with E-state index in [-0.39, 0.29) is 10.8 Å². The van der Waals surface area contributed by atoms with Crippen molar-refractivity contribution in [2.75, 3.05) is 32.7 Å². The Kier molecular flexibility index (Phi) is 24.4. The van der Waals surface area contributed by atoms with E-state index in [1.165, 1.54) is 73.5 Å². The van der Waals surface area contributed by atoms with Crippen molar-refractivity contribution in [3.05, 3.63) is 96.7 Å². The molecule has 2 nitrogen and oxygen atoms in total. The molecule has 0 amide bonds. The summed E-state index contributed by atoms with van der Waals surface area (Å²) in [6.07, 6.45) is 10.1. The third kappa shape index (κ3) is 11.7. The highest BCUT2D eigenvalue weighted by Gasteiger charge is 2.44. The van der Waals surface area contributed by atoms with E-state index in [0.717, 1.165) is 30.7 Å². The second-order valence-electron chi connectivity index (χ2n) is 14.4. The molecule has 0 fully saturated rings. The van der Waals surface area contributed by atoms with Crippen LogP contribution >= 0.6 is 20.8 Å². The summed E-state index contributed by atoms with van der Waals surface area (Å²) >= 11 is 7.21. The Labute approximate surface area is 333 Å². The SMILES string of the molecule is CC.CC.CC.CC.CP.Cc1ccc(C(C)(C)/C(=C/C=C2\CCCC(CCC3N(C)c4cc(C)c(C)c(C)c4C3(C)C)=C2Cl)N(C)C)c(C)c1C. The Bertz CT molecular complexity index is 1470. The molecule has 52 heavy (non-hydrogen) atoms. The highest BCUT2D eigenvalue weighted by molar-refractivity contribution is 7.15. The van der Waals surface area contributed by atoms with E-state index < -0.39 is 0 Å². The molecular weight excluding hydrogens is 671 g/mol. The maximum absolute atomic E-state index is 7.21. The molecule has 0 N–H and O–H groups in total. The number of benzene rings is 2. The third-order valence-electron chi connectivity index (χ3n) is 11.0. The predicted octanol–water partition coefficient (Wildman–Crippen LogP) is 15.0. The van der Waals surface area contributed by atoms with Crippen molar-refractivity contribution in [1.29, 1.82) is 0 Å². The summed E-state index contributed by atoms with van der Waals surface area (Å²) in [5.74, 6) is 0. The summed E-state index contributed by atoms with van der Waals surface area (Å²) in [5.41, 5.74) is 16.8. The van der Waals surface area contributed by atoms with Crippen LogP contribution in [0.25, 0.3) is 0 Å². The van der Waals surface area contributed by atoms with Crippen molar-refractivity contribution < 1.29 is 0 Å². The van der Waals surface area contributed by atoms with Gasteiger partial charge in [-0.3, -0.25) is 0 Å². The molecule has 1 heterocycles. The van der Waals surface area contributed by atoms with Gasteiger partial charge in [-0.05, 0) is 136 Å². The van der Waals surface area contributed by atoms with Gasteiger partial charge in [0.15, 0.2) is 0 Å². The molecule has 2 aromatic rings. The Morgan fingerprint density at radius 3 is 1.88 bits per heavy atom. The van der Waals surface area contributed by atoms with Crippen LogP contribution in [-0.2, 0) is 10.8 Å². The van der Waals surface area contributed by atoms with Gasteiger partial charge in [0.25, 0.3) is 0 Å². The minimum absolute atomic E-state index is 0.106. The molecule has 0 saturated heterocycles. The molecule has 0 saturated carbocycles. The molecule has 0 spiro atoms. The number of halogens is 1. The highest BCUT2D eigenvalue weighted by atomic mass is 35.5. The van der Waals surface area contributed by atoms with E-state index in [1.807, 2.05) is 62.1 Å². The summed E-state index contributed by atoms with van der Waals surface area (Å²) in [5, 5.41) is 1.01. The summed E-state index contributed by atoms with van der Waals surface area (Å²) in [6.45, 7) is 41.0. The fraction of sp³-hybridized carbons (Fsp3) is 0.625. The molecule has 2 unspecified atom stereocenters. The lowest BCUT2D eigenvalue weighted by molar-refractivity contribution is 0.402. The number of aryl methyl sites for hydroxylation is 2. The van der Waals surface area contributed by atoms with E-state index in [2.05, 4.69) is 140 Å². The first kappa shape index (κ1) is 52.1. The van der Waals surface area contributed by atoms with Gasteiger partial charge in [0.1, 0.15) is 0 Å². The average Bonchev–Trinajstić information content (AvgIpc) is 3.33. The smallest absolute Gasteiger partial charge is 0.0430 e. The Balaban J connectivity index is 0. The van der Waals surface area contributed by atoms with Crippen LogP contribution < -0.4 is 4.90 Å². The van der Waals surface area contributed by atoms with Crippen molar-refractivity contribution in [3.8, 4) is 0 Å². The van der Waals surface area contributed by atoms with Gasteiger partial charge in [-0.2, -0.15) is 0 Å². The van der Waals surface area contributed by atoms with Crippen LogP contribution in [0.15, 0.2) is 52.2 Å². The number of anilines is 1. The maximum atomic E-state index is 7.21. The molecule has 298 valence electrons. The normalized spacial score (nSPS) is 16.8. The number of likely N-dealkylation sites (N-methyl/N-ethyl adjacent to an activating group) is 2. The molecule has 1 aliphatic carbocycles. The van der Waals surface area contributed by atoms with E-state index in [0.29, 0.717) is 6.04 Å². The predicted molar refractivity (Wildman–Crippen MR) is 246 cm³/mol. The summed E-state index contributed by atoms with van der Waals surface area (Å²) in [7, 11) is 9.03. The van der Waals surface area contributed by atoms with Gasteiger partial charge in [0, 0.05) is 54.4 Å². The topological polar surface area (TPSA) is 6.48 Å². The van der Waals surface area contributed by atoms with Crippen LogP contribution in [0.5, 0.6) is 0 Å². The molecule has 4 rings (SSSR count). The summed E-state index contributed by atoms with van der Waals surface area (Å²) in [6, 6.07) is 7.45. The van der Waals surface area contributed by atoms with Gasteiger partial charge >= 0.3 is 0 Å². The number of allylic oxidation sites excluding steroid dienone is 6. The van der Waals surface area contributed by atoms with E-state index in [4.69, 9.17) is 11.6 Å². The largest absolute Gasteiger partial charge is 0.380 e. The lowest BCUT2D eigenvalue weighted by atomic mass is 9.75. The van der Waals surface area contributed by atoms with E-state index in [1.54, 1.807) is 0 Å². The molecule has 2 aliphatic rings. The standard InChI is InChI=1S/C39H55ClN2.4C2H6.CH5P/c1-24-17-20-32(28(5)26(24)3)38(7,8)34(41(11)12)21-18-30-15-14-16-31(37(30)40)19-22-35-39(9,10)36-29(6)27(4)25(2)23-33(36)42(35)13;5*1-2/h17-18,20-21,23,35H,14-16,19,22H2,1-13H3;4*1-2H3;2H2,1H3/b30-18+,34-21-;;;;;. The van der Waals surface area contributed by atoms with Crippen LogP contribution in [0.2, 0.25) is 0 Å². The van der Waals surface area contributed by atoms with Crippen LogP contribution in [0.1, 0.15) is 160 Å². The average molecular weight is 756 g/mol. The van der Waals surface area contributed by atoms with Crippen LogP contribution in [0.3, 0.4) is 0 Å². The number of nitrogens with zero attached hydrogens (tertiary/aromatic N) is 2. The zero-order valence-corrected chi connectivity index (χ0v) is 40.3. The van der Waals surface area contributed by atoms with Gasteiger partial charge in [-0.1, -0.05) is 125 Å². The minimum Gasteiger partial charge on any atom is -0.380 e. The van der Waals surface area contributed by atoms with Crippen LogP contribution in [0.4, 0.5) is 5.69 Å². The van der Waals surface area contributed by atoms with Gasteiger partial charge in [0.2, 0.25) is 0 Å². The van der Waals surface area contributed by atoms with Crippen molar-refractivity contribution in [3.63, 3.8) is 0 Å². The lowest BCUT2D eigenvalue weighted by Crippen LogP contribution is -2.39. The van der Waals surface area contributed by atoms with Gasteiger partial charge in [-0.15, -0.1) is 9.24 Å². The molecule has 0 aromatic heterocycles. The Morgan fingerprint density at radius 1 is 0.846 bits per heavy atom. The van der Waals surface area contributed by atoms with Gasteiger partial charge < -0.3 is 9.80 Å². The molecule has 4 heteroatoms. The molecule has 2 aromatic carbocycles. The number of hydrogen-bond acceptors (Lipinski definition) is 2. The number of rotatable bonds is 7. The maximum Gasteiger partial charge on any atom is 0.0430 e. The monoisotopic (exact) mass is 755 g/mol.